The first-order valence-electron chi connectivity index (χ1n) is 5.49. The third-order valence-corrected chi connectivity index (χ3v) is 2.63. The number of hydrogen-bond donors (Lipinski definition) is 0. The van der Waals surface area contributed by atoms with Crippen LogP contribution in [0.2, 0.25) is 0 Å². The molecule has 0 bridgehead atoms. The van der Waals surface area contributed by atoms with Crippen molar-refractivity contribution in [1.29, 1.82) is 0 Å². The SMILES string of the molecule is Cc1ccc(C(=O)C(=O)c2ccc(F)cc2)cc1. The summed E-state index contributed by atoms with van der Waals surface area (Å²) in [5, 5.41) is 0. The summed E-state index contributed by atoms with van der Waals surface area (Å²) in [6.07, 6.45) is 0. The van der Waals surface area contributed by atoms with Crippen molar-refractivity contribution in [2.75, 3.05) is 0 Å². The highest BCUT2D eigenvalue weighted by atomic mass is 19.1. The van der Waals surface area contributed by atoms with Crippen LogP contribution in [-0.4, -0.2) is 11.6 Å². The van der Waals surface area contributed by atoms with Crippen molar-refractivity contribution >= 4 is 11.6 Å². The van der Waals surface area contributed by atoms with Crippen LogP contribution in [0.1, 0.15) is 26.3 Å². The molecule has 0 unspecified atom stereocenters. The smallest absolute Gasteiger partial charge is 0.233 e. The average molecular weight is 242 g/mol. The third-order valence-electron chi connectivity index (χ3n) is 2.63. The van der Waals surface area contributed by atoms with Gasteiger partial charge in [0.2, 0.25) is 11.6 Å². The van der Waals surface area contributed by atoms with E-state index >= 15 is 0 Å². The number of Topliss-reactive ketones (excluding diaryl/α,β-unsaturated/α-hetero) is 2. The van der Waals surface area contributed by atoms with E-state index in [2.05, 4.69) is 0 Å². The highest BCUT2D eigenvalue weighted by molar-refractivity contribution is 6.49. The molecular formula is C15H11FO2. The second-order valence-corrected chi connectivity index (χ2v) is 4.03. The Labute approximate surface area is 104 Å². The summed E-state index contributed by atoms with van der Waals surface area (Å²) in [4.78, 5) is 23.8. The number of rotatable bonds is 3. The molecule has 0 saturated carbocycles. The fraction of sp³-hybridized carbons (Fsp3) is 0.0667. The molecule has 0 aliphatic rings. The molecule has 0 atom stereocenters. The van der Waals surface area contributed by atoms with E-state index in [0.29, 0.717) is 5.56 Å². The molecule has 0 saturated heterocycles. The zero-order valence-electron chi connectivity index (χ0n) is 9.81. The van der Waals surface area contributed by atoms with Crippen molar-refractivity contribution in [1.82, 2.24) is 0 Å². The van der Waals surface area contributed by atoms with Crippen LogP contribution in [0.15, 0.2) is 48.5 Å². The van der Waals surface area contributed by atoms with Crippen LogP contribution in [0.25, 0.3) is 0 Å². The van der Waals surface area contributed by atoms with Gasteiger partial charge in [-0.3, -0.25) is 9.59 Å². The Morgan fingerprint density at radius 3 is 1.61 bits per heavy atom. The molecule has 0 amide bonds. The molecule has 0 aromatic heterocycles. The van der Waals surface area contributed by atoms with Crippen LogP contribution in [0, 0.1) is 12.7 Å². The predicted molar refractivity (Wildman–Crippen MR) is 66.2 cm³/mol. The number of benzene rings is 2. The summed E-state index contributed by atoms with van der Waals surface area (Å²) in [6.45, 7) is 1.90. The Kier molecular flexibility index (Phi) is 3.33. The van der Waals surface area contributed by atoms with Gasteiger partial charge in [-0.05, 0) is 31.2 Å². The Balaban J connectivity index is 2.26. The van der Waals surface area contributed by atoms with Crippen LogP contribution in [0.5, 0.6) is 0 Å². The fourth-order valence-corrected chi connectivity index (χ4v) is 1.57. The van der Waals surface area contributed by atoms with Gasteiger partial charge in [-0.1, -0.05) is 29.8 Å². The van der Waals surface area contributed by atoms with Crippen molar-refractivity contribution in [2.24, 2.45) is 0 Å². The number of hydrogen-bond acceptors (Lipinski definition) is 2. The quantitative estimate of drug-likeness (QED) is 0.611. The molecule has 2 aromatic carbocycles. The normalized spacial score (nSPS) is 10.1. The van der Waals surface area contributed by atoms with E-state index in [1.54, 1.807) is 24.3 Å². The van der Waals surface area contributed by atoms with E-state index in [0.717, 1.165) is 17.7 Å². The first-order valence-corrected chi connectivity index (χ1v) is 5.49. The van der Waals surface area contributed by atoms with Crippen molar-refractivity contribution in [3.8, 4) is 0 Å². The molecule has 0 fully saturated rings. The molecule has 3 heteroatoms. The molecular weight excluding hydrogens is 231 g/mol. The molecule has 18 heavy (non-hydrogen) atoms. The minimum absolute atomic E-state index is 0.196. The molecule has 0 heterocycles. The van der Waals surface area contributed by atoms with Gasteiger partial charge in [0.25, 0.3) is 0 Å². The zero-order valence-corrected chi connectivity index (χ0v) is 9.81. The molecule has 0 aliphatic heterocycles. The van der Waals surface area contributed by atoms with Crippen molar-refractivity contribution in [2.45, 2.75) is 6.92 Å². The largest absolute Gasteiger partial charge is 0.285 e. The second kappa shape index (κ2) is 4.92. The lowest BCUT2D eigenvalue weighted by molar-refractivity contribution is 0.0817. The Morgan fingerprint density at radius 2 is 1.17 bits per heavy atom. The van der Waals surface area contributed by atoms with Gasteiger partial charge in [0.15, 0.2) is 0 Å². The van der Waals surface area contributed by atoms with Gasteiger partial charge in [-0.25, -0.2) is 4.39 Å². The van der Waals surface area contributed by atoms with Crippen LogP contribution in [0.3, 0.4) is 0 Å². The van der Waals surface area contributed by atoms with Crippen LogP contribution in [0.4, 0.5) is 4.39 Å². The fourth-order valence-electron chi connectivity index (χ4n) is 1.57. The van der Waals surface area contributed by atoms with Gasteiger partial charge in [0.1, 0.15) is 5.82 Å². The number of carbonyl (C=O) groups is 2. The van der Waals surface area contributed by atoms with Crippen molar-refractivity contribution in [3.05, 3.63) is 71.0 Å². The van der Waals surface area contributed by atoms with E-state index in [9.17, 15) is 14.0 Å². The number of carbonyl (C=O) groups excluding carboxylic acids is 2. The van der Waals surface area contributed by atoms with Crippen LogP contribution < -0.4 is 0 Å². The molecule has 2 rings (SSSR count). The van der Waals surface area contributed by atoms with E-state index in [1.807, 2.05) is 6.92 Å². The first-order chi connectivity index (χ1) is 8.58. The van der Waals surface area contributed by atoms with E-state index < -0.39 is 17.4 Å². The van der Waals surface area contributed by atoms with Gasteiger partial charge in [-0.15, -0.1) is 0 Å². The lowest BCUT2D eigenvalue weighted by atomic mass is 10.0. The van der Waals surface area contributed by atoms with E-state index in [1.165, 1.54) is 12.1 Å². The Morgan fingerprint density at radius 1 is 0.778 bits per heavy atom. The summed E-state index contributed by atoms with van der Waals surface area (Å²) in [5.74, 6) is -1.64. The highest BCUT2D eigenvalue weighted by Crippen LogP contribution is 2.10. The molecule has 0 aliphatic carbocycles. The number of halogens is 1. The topological polar surface area (TPSA) is 34.1 Å². The monoisotopic (exact) mass is 242 g/mol. The minimum Gasteiger partial charge on any atom is -0.285 e. The van der Waals surface area contributed by atoms with Crippen LogP contribution in [-0.2, 0) is 0 Å². The summed E-state index contributed by atoms with van der Waals surface area (Å²) in [5.41, 5.74) is 1.55. The maximum atomic E-state index is 12.7. The molecule has 90 valence electrons. The van der Waals surface area contributed by atoms with E-state index in [-0.39, 0.29) is 5.56 Å². The Bertz CT molecular complexity index is 527. The lowest BCUT2D eigenvalue weighted by Crippen LogP contribution is -2.14. The molecule has 0 spiro atoms. The van der Waals surface area contributed by atoms with Gasteiger partial charge >= 0.3 is 0 Å². The number of aryl methyl sites for hydroxylation is 1. The summed E-state index contributed by atoms with van der Waals surface area (Å²) in [7, 11) is 0. The molecule has 0 N–H and O–H groups in total. The summed E-state index contributed by atoms with van der Waals surface area (Å²) < 4.78 is 12.7. The maximum absolute atomic E-state index is 12.7. The lowest BCUT2D eigenvalue weighted by Gasteiger charge is -2.01. The third kappa shape index (κ3) is 2.51. The van der Waals surface area contributed by atoms with Crippen LogP contribution >= 0.6 is 0 Å². The van der Waals surface area contributed by atoms with E-state index in [4.69, 9.17) is 0 Å². The van der Waals surface area contributed by atoms with Gasteiger partial charge in [0.05, 0.1) is 0 Å². The predicted octanol–water partition coefficient (Wildman–Crippen LogP) is 3.20. The molecule has 2 aromatic rings. The Hall–Kier alpha value is -2.29. The first kappa shape index (κ1) is 12.2. The van der Waals surface area contributed by atoms with Crippen molar-refractivity contribution in [3.63, 3.8) is 0 Å². The highest BCUT2D eigenvalue weighted by Gasteiger charge is 2.17. The average Bonchev–Trinajstić information content (AvgIpc) is 2.39. The minimum atomic E-state index is -0.626. The molecule has 2 nitrogen and oxygen atoms in total. The zero-order chi connectivity index (χ0) is 13.1. The summed E-state index contributed by atoms with van der Waals surface area (Å²) in [6, 6.07) is 11.7. The standard InChI is InChI=1S/C15H11FO2/c1-10-2-4-11(5-3-10)14(17)15(18)12-6-8-13(16)9-7-12/h2-9H,1H3. The second-order valence-electron chi connectivity index (χ2n) is 4.03. The molecule has 0 radical (unpaired) electrons. The number of ketones is 2. The summed E-state index contributed by atoms with van der Waals surface area (Å²) >= 11 is 0. The van der Waals surface area contributed by atoms with Crippen molar-refractivity contribution < 1.29 is 14.0 Å². The van der Waals surface area contributed by atoms with Gasteiger partial charge < -0.3 is 0 Å². The van der Waals surface area contributed by atoms with Gasteiger partial charge in [0, 0.05) is 11.1 Å². The van der Waals surface area contributed by atoms with Gasteiger partial charge in [-0.2, -0.15) is 0 Å². The maximum Gasteiger partial charge on any atom is 0.233 e.